The average molecular weight is 541 g/mol. The molecular weight excluding hydrogens is 500 g/mol. The highest BCUT2D eigenvalue weighted by molar-refractivity contribution is 6.04. The number of piperazine rings is 1. The molecule has 2 fully saturated rings. The summed E-state index contributed by atoms with van der Waals surface area (Å²) in [6.45, 7) is 11.0. The largest absolute Gasteiger partial charge is 0.497 e. The second kappa shape index (κ2) is 12.6. The number of hydrogen-bond acceptors (Lipinski definition) is 5. The number of carbonyl (C=O) groups excluding carboxylic acids is 2. The van der Waals surface area contributed by atoms with E-state index in [-0.39, 0.29) is 11.8 Å². The summed E-state index contributed by atoms with van der Waals surface area (Å²) in [6, 6.07) is 21.8. The van der Waals surface area contributed by atoms with Crippen molar-refractivity contribution in [3.8, 4) is 5.75 Å². The molecule has 0 saturated carbocycles. The lowest BCUT2D eigenvalue weighted by molar-refractivity contribution is 0.0713. The molecule has 3 aromatic carbocycles. The number of hydrogen-bond donors (Lipinski definition) is 1. The van der Waals surface area contributed by atoms with Gasteiger partial charge < -0.3 is 24.8 Å². The predicted molar refractivity (Wildman–Crippen MR) is 161 cm³/mol. The number of likely N-dealkylation sites (N-methyl/N-ethyl adjacent to an activating group) is 1. The minimum atomic E-state index is -0.159. The average Bonchev–Trinajstić information content (AvgIpc) is 3.01. The van der Waals surface area contributed by atoms with E-state index < -0.39 is 0 Å². The van der Waals surface area contributed by atoms with Gasteiger partial charge in [-0.05, 0) is 98.0 Å². The molecule has 0 unspecified atom stereocenters. The summed E-state index contributed by atoms with van der Waals surface area (Å²) in [4.78, 5) is 32.8. The molecule has 2 aliphatic heterocycles. The third-order valence-electron chi connectivity index (χ3n) is 8.27. The summed E-state index contributed by atoms with van der Waals surface area (Å²) in [5.74, 6) is 1.03. The first-order valence-electron chi connectivity index (χ1n) is 14.4. The van der Waals surface area contributed by atoms with E-state index in [0.29, 0.717) is 17.2 Å². The number of aryl methyl sites for hydroxylation is 1. The van der Waals surface area contributed by atoms with Crippen LogP contribution in [0.5, 0.6) is 5.75 Å². The van der Waals surface area contributed by atoms with Gasteiger partial charge in [-0.2, -0.15) is 0 Å². The molecule has 0 atom stereocenters. The van der Waals surface area contributed by atoms with E-state index in [9.17, 15) is 9.59 Å². The molecule has 3 aromatic rings. The summed E-state index contributed by atoms with van der Waals surface area (Å²) >= 11 is 0. The third-order valence-corrected chi connectivity index (χ3v) is 8.27. The number of amides is 2. The molecule has 0 aliphatic carbocycles. The number of rotatable bonds is 7. The number of nitrogens with one attached hydrogen (secondary N) is 1. The molecule has 2 amide bonds. The van der Waals surface area contributed by atoms with E-state index in [1.54, 1.807) is 13.2 Å². The van der Waals surface area contributed by atoms with Gasteiger partial charge in [-0.3, -0.25) is 9.59 Å². The van der Waals surface area contributed by atoms with Gasteiger partial charge in [-0.1, -0.05) is 19.1 Å². The predicted octanol–water partition coefficient (Wildman–Crippen LogP) is 5.42. The molecule has 2 aliphatic rings. The van der Waals surface area contributed by atoms with E-state index in [4.69, 9.17) is 4.74 Å². The molecule has 0 bridgehead atoms. The first-order chi connectivity index (χ1) is 19.4. The second-order valence-electron chi connectivity index (χ2n) is 10.8. The molecule has 0 radical (unpaired) electrons. The van der Waals surface area contributed by atoms with Gasteiger partial charge in [0.1, 0.15) is 5.75 Å². The second-order valence-corrected chi connectivity index (χ2v) is 10.8. The first kappa shape index (κ1) is 27.7. The lowest BCUT2D eigenvalue weighted by Crippen LogP contribution is -2.46. The Kier molecular flexibility index (Phi) is 8.70. The zero-order valence-corrected chi connectivity index (χ0v) is 23.9. The maximum Gasteiger partial charge on any atom is 0.255 e. The lowest BCUT2D eigenvalue weighted by atomic mass is 9.89. The zero-order chi connectivity index (χ0) is 28.1. The number of ether oxygens (including phenoxy) is 1. The molecule has 0 spiro atoms. The molecule has 5 rings (SSSR count). The van der Waals surface area contributed by atoms with Crippen LogP contribution < -0.4 is 15.0 Å². The topological polar surface area (TPSA) is 65.1 Å². The summed E-state index contributed by atoms with van der Waals surface area (Å²) < 4.78 is 5.29. The van der Waals surface area contributed by atoms with Crippen LogP contribution in [0.3, 0.4) is 0 Å². The van der Waals surface area contributed by atoms with Crippen molar-refractivity contribution in [2.75, 3.05) is 63.1 Å². The Morgan fingerprint density at radius 2 is 1.52 bits per heavy atom. The quantitative estimate of drug-likeness (QED) is 0.434. The number of methoxy groups -OCH3 is 1. The van der Waals surface area contributed by atoms with Crippen molar-refractivity contribution in [2.45, 2.75) is 32.6 Å². The Labute approximate surface area is 237 Å². The number of benzene rings is 3. The SMILES string of the molecule is CCN1CCN(c2ccc(C(=O)N3CCC(c4ccc(NC(=O)c5cc(C)cc(OC)c5)cc4)CC3)cc2)CC1. The summed E-state index contributed by atoms with van der Waals surface area (Å²) in [5, 5.41) is 2.98. The Bertz CT molecular complexity index is 1310. The molecule has 7 nitrogen and oxygen atoms in total. The lowest BCUT2D eigenvalue weighted by Gasteiger charge is -2.35. The van der Waals surface area contributed by atoms with Crippen molar-refractivity contribution in [2.24, 2.45) is 0 Å². The van der Waals surface area contributed by atoms with Crippen molar-refractivity contribution in [1.29, 1.82) is 0 Å². The Hall–Kier alpha value is -3.84. The van der Waals surface area contributed by atoms with Crippen molar-refractivity contribution in [3.63, 3.8) is 0 Å². The smallest absolute Gasteiger partial charge is 0.255 e. The van der Waals surface area contributed by atoms with Gasteiger partial charge in [-0.15, -0.1) is 0 Å². The highest BCUT2D eigenvalue weighted by Gasteiger charge is 2.25. The third kappa shape index (κ3) is 6.48. The molecule has 7 heteroatoms. The Balaban J connectivity index is 1.12. The number of anilines is 2. The van der Waals surface area contributed by atoms with Crippen LogP contribution in [0.4, 0.5) is 11.4 Å². The fourth-order valence-electron chi connectivity index (χ4n) is 5.77. The van der Waals surface area contributed by atoms with Crippen LogP contribution in [0.2, 0.25) is 0 Å². The van der Waals surface area contributed by atoms with Crippen LogP contribution in [0, 0.1) is 6.92 Å². The zero-order valence-electron chi connectivity index (χ0n) is 23.9. The van der Waals surface area contributed by atoms with Crippen LogP contribution in [0.1, 0.15) is 57.5 Å². The molecular formula is C33H40N4O3. The Morgan fingerprint density at radius 1 is 0.850 bits per heavy atom. The molecule has 2 heterocycles. The maximum atomic E-state index is 13.2. The van der Waals surface area contributed by atoms with Crippen LogP contribution in [0.25, 0.3) is 0 Å². The van der Waals surface area contributed by atoms with E-state index in [2.05, 4.69) is 46.3 Å². The molecule has 1 N–H and O–H groups in total. The van der Waals surface area contributed by atoms with E-state index in [1.165, 1.54) is 11.3 Å². The van der Waals surface area contributed by atoms with Gasteiger partial charge in [0.15, 0.2) is 0 Å². The van der Waals surface area contributed by atoms with Crippen LogP contribution in [-0.4, -0.2) is 74.5 Å². The highest BCUT2D eigenvalue weighted by Crippen LogP contribution is 2.30. The van der Waals surface area contributed by atoms with Gasteiger partial charge in [0.2, 0.25) is 0 Å². The molecule has 0 aromatic heterocycles. The van der Waals surface area contributed by atoms with Gasteiger partial charge in [0.25, 0.3) is 11.8 Å². The van der Waals surface area contributed by atoms with Gasteiger partial charge >= 0.3 is 0 Å². The number of likely N-dealkylation sites (tertiary alicyclic amines) is 1. The summed E-state index contributed by atoms with van der Waals surface area (Å²) in [6.07, 6.45) is 1.86. The van der Waals surface area contributed by atoms with E-state index in [1.807, 2.05) is 48.2 Å². The van der Waals surface area contributed by atoms with Gasteiger partial charge in [0.05, 0.1) is 7.11 Å². The monoisotopic (exact) mass is 540 g/mol. The van der Waals surface area contributed by atoms with E-state index in [0.717, 1.165) is 75.5 Å². The fourth-order valence-corrected chi connectivity index (χ4v) is 5.77. The normalized spacial score (nSPS) is 16.6. The standard InChI is InChI=1S/C33H40N4O3/c1-4-35-17-19-36(20-18-35)30-11-7-27(8-12-30)33(39)37-15-13-26(14-16-37)25-5-9-29(10-6-25)34-32(38)28-21-24(2)22-31(23-28)40-3/h5-12,21-23,26H,4,13-20H2,1-3H3,(H,34,38). The van der Waals surface area contributed by atoms with Crippen LogP contribution in [-0.2, 0) is 0 Å². The maximum absolute atomic E-state index is 13.2. The van der Waals surface area contributed by atoms with Crippen molar-refractivity contribution < 1.29 is 14.3 Å². The highest BCUT2D eigenvalue weighted by atomic mass is 16.5. The van der Waals surface area contributed by atoms with E-state index >= 15 is 0 Å². The van der Waals surface area contributed by atoms with Crippen molar-refractivity contribution >= 4 is 23.2 Å². The number of piperidine rings is 1. The fraction of sp³-hybridized carbons (Fsp3) is 0.394. The summed E-state index contributed by atoms with van der Waals surface area (Å²) in [5.41, 5.74) is 5.52. The van der Waals surface area contributed by atoms with Crippen molar-refractivity contribution in [3.05, 3.63) is 89.0 Å². The van der Waals surface area contributed by atoms with Gasteiger partial charge in [0, 0.05) is 61.8 Å². The first-order valence-corrected chi connectivity index (χ1v) is 14.4. The Morgan fingerprint density at radius 3 is 2.15 bits per heavy atom. The van der Waals surface area contributed by atoms with Crippen LogP contribution >= 0.6 is 0 Å². The summed E-state index contributed by atoms with van der Waals surface area (Å²) in [7, 11) is 1.60. The molecule has 40 heavy (non-hydrogen) atoms. The number of nitrogens with zero attached hydrogens (tertiary/aromatic N) is 3. The minimum Gasteiger partial charge on any atom is -0.497 e. The van der Waals surface area contributed by atoms with Crippen molar-refractivity contribution in [1.82, 2.24) is 9.80 Å². The minimum absolute atomic E-state index is 0.117. The molecule has 210 valence electrons. The van der Waals surface area contributed by atoms with Crippen LogP contribution in [0.15, 0.2) is 66.7 Å². The van der Waals surface area contributed by atoms with Gasteiger partial charge in [-0.25, -0.2) is 0 Å². The molecule has 2 saturated heterocycles. The number of carbonyl (C=O) groups is 2.